The van der Waals surface area contributed by atoms with Crippen LogP contribution in [0, 0.1) is 0 Å². The molecule has 0 unspecified atom stereocenters. The molecule has 2 aliphatic rings. The Morgan fingerprint density at radius 3 is 2.67 bits per heavy atom. The third-order valence-electron chi connectivity index (χ3n) is 4.09. The second kappa shape index (κ2) is 5.20. The first kappa shape index (κ1) is 13.6. The molecular weight excluding hydrogens is 270 g/mol. The summed E-state index contributed by atoms with van der Waals surface area (Å²) < 4.78 is 0. The number of benzene rings is 1. The maximum Gasteiger partial charge on any atom is 0.327 e. The lowest BCUT2D eigenvalue weighted by atomic mass is 10.2. The fourth-order valence-corrected chi connectivity index (χ4v) is 2.86. The van der Waals surface area contributed by atoms with Crippen LogP contribution >= 0.6 is 0 Å². The molecule has 1 aromatic rings. The van der Waals surface area contributed by atoms with Gasteiger partial charge in [-0.2, -0.15) is 0 Å². The summed E-state index contributed by atoms with van der Waals surface area (Å²) in [4.78, 5) is 40.7. The first-order valence-corrected chi connectivity index (χ1v) is 7.03. The Morgan fingerprint density at radius 2 is 2.00 bits per heavy atom. The van der Waals surface area contributed by atoms with Crippen molar-refractivity contribution in [1.82, 2.24) is 9.80 Å². The van der Waals surface area contributed by atoms with Gasteiger partial charge in [0.25, 0.3) is 5.91 Å². The fraction of sp³-hybridized carbons (Fsp3) is 0.400. The van der Waals surface area contributed by atoms with Crippen molar-refractivity contribution in [3.8, 4) is 0 Å². The molecule has 6 nitrogen and oxygen atoms in total. The quantitative estimate of drug-likeness (QED) is 0.781. The summed E-state index contributed by atoms with van der Waals surface area (Å²) in [6, 6.07) is 8.46. The predicted octanol–water partition coefficient (Wildman–Crippen LogP) is 1.08. The van der Waals surface area contributed by atoms with Gasteiger partial charge in [0.1, 0.15) is 12.6 Å². The molecule has 2 aliphatic heterocycles. The number of carbonyl (C=O) groups is 3. The highest BCUT2D eigenvalue weighted by atomic mass is 16.2. The van der Waals surface area contributed by atoms with Crippen LogP contribution in [0.4, 0.5) is 10.5 Å². The summed E-state index contributed by atoms with van der Waals surface area (Å²) in [7, 11) is 1.64. The number of anilines is 1. The first-order valence-electron chi connectivity index (χ1n) is 7.03. The van der Waals surface area contributed by atoms with Crippen LogP contribution in [-0.2, 0) is 9.59 Å². The smallest absolute Gasteiger partial charge is 0.314 e. The van der Waals surface area contributed by atoms with Crippen molar-refractivity contribution >= 4 is 23.5 Å². The van der Waals surface area contributed by atoms with E-state index in [0.717, 1.165) is 17.0 Å². The third kappa shape index (κ3) is 2.26. The molecule has 6 heteroatoms. The van der Waals surface area contributed by atoms with E-state index < -0.39 is 0 Å². The Bertz CT molecular complexity index is 565. The number of hydrogen-bond acceptors (Lipinski definition) is 3. The third-order valence-corrected chi connectivity index (χ3v) is 4.09. The lowest BCUT2D eigenvalue weighted by Gasteiger charge is -2.21. The number of hydrogen-bond donors (Lipinski definition) is 0. The lowest BCUT2D eigenvalue weighted by Crippen LogP contribution is -2.42. The van der Waals surface area contributed by atoms with Crippen molar-refractivity contribution < 1.29 is 14.4 Å². The number of nitrogens with zero attached hydrogens (tertiary/aromatic N) is 3. The number of imide groups is 1. The number of amides is 4. The molecule has 0 saturated carbocycles. The fourth-order valence-electron chi connectivity index (χ4n) is 2.86. The van der Waals surface area contributed by atoms with Gasteiger partial charge in [-0.15, -0.1) is 0 Å². The zero-order chi connectivity index (χ0) is 15.0. The Kier molecular flexibility index (Phi) is 3.37. The maximum atomic E-state index is 12.3. The number of likely N-dealkylation sites (N-methyl/N-ethyl adjacent to an activating group) is 1. The van der Waals surface area contributed by atoms with Crippen LogP contribution < -0.4 is 4.90 Å². The molecule has 0 aromatic heterocycles. The predicted molar refractivity (Wildman–Crippen MR) is 76.7 cm³/mol. The molecule has 4 amide bonds. The number of fused-ring (bicyclic) bond motifs is 1. The van der Waals surface area contributed by atoms with Gasteiger partial charge in [0, 0.05) is 19.3 Å². The topological polar surface area (TPSA) is 60.9 Å². The largest absolute Gasteiger partial charge is 0.327 e. The highest BCUT2D eigenvalue weighted by Gasteiger charge is 2.47. The zero-order valence-corrected chi connectivity index (χ0v) is 11.9. The summed E-state index contributed by atoms with van der Waals surface area (Å²) >= 11 is 0. The van der Waals surface area contributed by atoms with Gasteiger partial charge in [0.2, 0.25) is 5.91 Å². The first-order chi connectivity index (χ1) is 10.1. The monoisotopic (exact) mass is 287 g/mol. The van der Waals surface area contributed by atoms with E-state index in [9.17, 15) is 14.4 Å². The van der Waals surface area contributed by atoms with E-state index >= 15 is 0 Å². The average Bonchev–Trinajstić information content (AvgIpc) is 3.07. The van der Waals surface area contributed by atoms with Crippen molar-refractivity contribution in [3.05, 3.63) is 30.3 Å². The van der Waals surface area contributed by atoms with Crippen LogP contribution in [0.5, 0.6) is 0 Å². The molecular formula is C15H17N3O3. The van der Waals surface area contributed by atoms with Crippen molar-refractivity contribution in [2.24, 2.45) is 0 Å². The second-order valence-electron chi connectivity index (χ2n) is 5.35. The summed E-state index contributed by atoms with van der Waals surface area (Å²) in [5, 5.41) is 0. The van der Waals surface area contributed by atoms with Gasteiger partial charge in [-0.3, -0.25) is 14.5 Å². The van der Waals surface area contributed by atoms with Crippen molar-refractivity contribution in [3.63, 3.8) is 0 Å². The number of rotatable bonds is 3. The zero-order valence-electron chi connectivity index (χ0n) is 11.9. The molecule has 2 saturated heterocycles. The molecule has 2 heterocycles. The van der Waals surface area contributed by atoms with E-state index in [2.05, 4.69) is 0 Å². The molecule has 110 valence electrons. The van der Waals surface area contributed by atoms with E-state index in [0.29, 0.717) is 13.0 Å². The van der Waals surface area contributed by atoms with Crippen molar-refractivity contribution in [2.45, 2.75) is 18.9 Å². The summed E-state index contributed by atoms with van der Waals surface area (Å²) in [5.74, 6) is -0.517. The van der Waals surface area contributed by atoms with Crippen molar-refractivity contribution in [2.75, 3.05) is 25.0 Å². The number of para-hydroxylation sites is 1. The normalized spacial score (nSPS) is 20.9. The molecule has 0 N–H and O–H groups in total. The van der Waals surface area contributed by atoms with Gasteiger partial charge in [-0.25, -0.2) is 4.79 Å². The molecule has 0 radical (unpaired) electrons. The van der Waals surface area contributed by atoms with Crippen LogP contribution in [0.1, 0.15) is 12.8 Å². The minimum atomic E-state index is -0.354. The number of urea groups is 1. The Hall–Kier alpha value is -2.37. The Labute approximate surface area is 122 Å². The molecule has 1 aromatic carbocycles. The maximum absolute atomic E-state index is 12.3. The lowest BCUT2D eigenvalue weighted by molar-refractivity contribution is -0.131. The average molecular weight is 287 g/mol. The van der Waals surface area contributed by atoms with Gasteiger partial charge < -0.3 is 9.80 Å². The van der Waals surface area contributed by atoms with Crippen LogP contribution in [0.2, 0.25) is 0 Å². The van der Waals surface area contributed by atoms with E-state index in [1.807, 2.05) is 30.3 Å². The molecule has 0 spiro atoms. The van der Waals surface area contributed by atoms with Gasteiger partial charge in [0.05, 0.1) is 0 Å². The Morgan fingerprint density at radius 1 is 1.29 bits per heavy atom. The standard InChI is InChI=1S/C15H17N3O3/c1-16(11-6-3-2-4-7-11)13(19)10-18-14(20)12-8-5-9-17(12)15(18)21/h2-4,6-7,12H,5,8-10H2,1H3/t12-/m1/s1. The summed E-state index contributed by atoms with van der Waals surface area (Å²) in [5.41, 5.74) is 0.738. The molecule has 2 fully saturated rings. The molecule has 0 aliphatic carbocycles. The van der Waals surface area contributed by atoms with E-state index in [4.69, 9.17) is 0 Å². The summed E-state index contributed by atoms with van der Waals surface area (Å²) in [6.45, 7) is 0.407. The highest BCUT2D eigenvalue weighted by Crippen LogP contribution is 2.27. The minimum Gasteiger partial charge on any atom is -0.314 e. The molecule has 1 atom stereocenters. The van der Waals surface area contributed by atoms with Gasteiger partial charge in [-0.05, 0) is 25.0 Å². The molecule has 3 rings (SSSR count). The highest BCUT2D eigenvalue weighted by molar-refractivity contribution is 6.08. The van der Waals surface area contributed by atoms with Gasteiger partial charge in [0.15, 0.2) is 0 Å². The molecule has 0 bridgehead atoms. The van der Waals surface area contributed by atoms with Crippen LogP contribution in [0.25, 0.3) is 0 Å². The van der Waals surface area contributed by atoms with Crippen LogP contribution in [0.15, 0.2) is 30.3 Å². The van der Waals surface area contributed by atoms with Gasteiger partial charge in [-0.1, -0.05) is 18.2 Å². The van der Waals surface area contributed by atoms with E-state index in [1.165, 1.54) is 4.90 Å². The summed E-state index contributed by atoms with van der Waals surface area (Å²) in [6.07, 6.45) is 1.55. The minimum absolute atomic E-state index is 0.198. The van der Waals surface area contributed by atoms with Crippen LogP contribution in [0.3, 0.4) is 0 Å². The van der Waals surface area contributed by atoms with E-state index in [1.54, 1.807) is 11.9 Å². The van der Waals surface area contributed by atoms with E-state index in [-0.39, 0.29) is 30.4 Å². The Balaban J connectivity index is 1.71. The second-order valence-corrected chi connectivity index (χ2v) is 5.35. The number of carbonyl (C=O) groups excluding carboxylic acids is 3. The van der Waals surface area contributed by atoms with Crippen molar-refractivity contribution in [1.29, 1.82) is 0 Å². The SMILES string of the molecule is CN(C(=O)CN1C(=O)[C@H]2CCCN2C1=O)c1ccccc1. The van der Waals surface area contributed by atoms with Crippen LogP contribution in [-0.4, -0.2) is 53.8 Å². The van der Waals surface area contributed by atoms with Gasteiger partial charge >= 0.3 is 6.03 Å². The molecule has 21 heavy (non-hydrogen) atoms.